The lowest BCUT2D eigenvalue weighted by atomic mass is 9.96. The lowest BCUT2D eigenvalue weighted by molar-refractivity contribution is -0.141. The van der Waals surface area contributed by atoms with Crippen LogP contribution >= 0.6 is 11.6 Å². The maximum absolute atomic E-state index is 13.2. The van der Waals surface area contributed by atoms with Crippen LogP contribution in [-0.2, 0) is 11.8 Å². The number of pyridine rings is 1. The summed E-state index contributed by atoms with van der Waals surface area (Å²) in [5, 5.41) is 13.9. The van der Waals surface area contributed by atoms with Crippen LogP contribution in [0.3, 0.4) is 0 Å². The molecular weight excluding hydrogens is 393 g/mol. The van der Waals surface area contributed by atoms with Crippen LogP contribution in [0, 0.1) is 0 Å². The highest BCUT2D eigenvalue weighted by atomic mass is 35.5. The highest BCUT2D eigenvalue weighted by Crippen LogP contribution is 2.31. The van der Waals surface area contributed by atoms with Crippen LogP contribution in [0.25, 0.3) is 11.4 Å². The maximum Gasteiger partial charge on any atom is 0.433 e. The van der Waals surface area contributed by atoms with Crippen LogP contribution in [0.5, 0.6) is 0 Å². The van der Waals surface area contributed by atoms with Gasteiger partial charge in [0.25, 0.3) is 0 Å². The molecule has 0 fully saturated rings. The van der Waals surface area contributed by atoms with E-state index in [1.807, 2.05) is 0 Å². The zero-order valence-electron chi connectivity index (χ0n) is 14.7. The molecule has 3 aromatic rings. The third kappa shape index (κ3) is 4.76. The van der Waals surface area contributed by atoms with Crippen molar-refractivity contribution in [2.75, 3.05) is 11.9 Å². The Bertz CT molecular complexity index is 965. The molecule has 3 rings (SSSR count). The van der Waals surface area contributed by atoms with E-state index in [1.54, 1.807) is 36.4 Å². The van der Waals surface area contributed by atoms with E-state index in [2.05, 4.69) is 20.3 Å². The fourth-order valence-corrected chi connectivity index (χ4v) is 2.69. The molecule has 2 heterocycles. The van der Waals surface area contributed by atoms with Crippen LogP contribution in [-0.4, -0.2) is 26.6 Å². The van der Waals surface area contributed by atoms with E-state index in [0.29, 0.717) is 16.1 Å². The van der Waals surface area contributed by atoms with E-state index in [9.17, 15) is 18.3 Å². The van der Waals surface area contributed by atoms with Gasteiger partial charge in [0.1, 0.15) is 11.4 Å². The molecular formula is C19H16ClF3N4O. The van der Waals surface area contributed by atoms with Gasteiger partial charge in [-0.05, 0) is 36.8 Å². The molecule has 9 heteroatoms. The Kier molecular flexibility index (Phi) is 5.53. The molecule has 0 aliphatic heterocycles. The molecule has 28 heavy (non-hydrogen) atoms. The number of benzene rings is 1. The molecule has 0 aliphatic carbocycles. The van der Waals surface area contributed by atoms with Gasteiger partial charge in [0, 0.05) is 35.6 Å². The van der Waals surface area contributed by atoms with Crippen molar-refractivity contribution in [1.29, 1.82) is 0 Å². The highest BCUT2D eigenvalue weighted by molar-refractivity contribution is 6.30. The fraction of sp³-hybridized carbons (Fsp3) is 0.211. The molecule has 0 saturated heterocycles. The smallest absolute Gasteiger partial charge is 0.384 e. The Morgan fingerprint density at radius 2 is 1.89 bits per heavy atom. The van der Waals surface area contributed by atoms with Crippen molar-refractivity contribution in [2.45, 2.75) is 18.7 Å². The van der Waals surface area contributed by atoms with Crippen LogP contribution in [0.2, 0.25) is 5.02 Å². The van der Waals surface area contributed by atoms with Crippen molar-refractivity contribution in [3.8, 4) is 11.4 Å². The molecule has 0 bridgehead atoms. The zero-order chi connectivity index (χ0) is 20.4. The first-order valence-electron chi connectivity index (χ1n) is 8.24. The topological polar surface area (TPSA) is 70.9 Å². The maximum atomic E-state index is 13.2. The van der Waals surface area contributed by atoms with Gasteiger partial charge in [0.05, 0.1) is 0 Å². The van der Waals surface area contributed by atoms with E-state index in [4.69, 9.17) is 11.6 Å². The van der Waals surface area contributed by atoms with E-state index >= 15 is 0 Å². The first-order valence-corrected chi connectivity index (χ1v) is 8.62. The summed E-state index contributed by atoms with van der Waals surface area (Å²) in [5.74, 6) is -0.184. The average Bonchev–Trinajstić information content (AvgIpc) is 2.66. The predicted octanol–water partition coefficient (Wildman–Crippen LogP) is 4.53. The molecule has 0 spiro atoms. The Morgan fingerprint density at radius 1 is 1.11 bits per heavy atom. The van der Waals surface area contributed by atoms with Gasteiger partial charge in [-0.3, -0.25) is 4.98 Å². The van der Waals surface area contributed by atoms with Gasteiger partial charge in [0.2, 0.25) is 0 Å². The molecule has 1 unspecified atom stereocenters. The van der Waals surface area contributed by atoms with Crippen molar-refractivity contribution in [2.24, 2.45) is 0 Å². The summed E-state index contributed by atoms with van der Waals surface area (Å²) in [5.41, 5.74) is -1.61. The third-order valence-corrected chi connectivity index (χ3v) is 4.23. The molecule has 1 aromatic carbocycles. The molecule has 0 amide bonds. The number of nitrogens with one attached hydrogen (secondary N) is 1. The number of hydrogen-bond donors (Lipinski definition) is 2. The van der Waals surface area contributed by atoms with Crippen LogP contribution in [0.1, 0.15) is 18.2 Å². The van der Waals surface area contributed by atoms with Crippen LogP contribution in [0.15, 0.2) is 54.9 Å². The van der Waals surface area contributed by atoms with Gasteiger partial charge in [-0.25, -0.2) is 9.97 Å². The SMILES string of the molecule is CC(O)(CNc1cc(C(F)(F)F)nc(-c2cccnc2)n1)c1cccc(Cl)c1. The van der Waals surface area contributed by atoms with Gasteiger partial charge in [0.15, 0.2) is 11.5 Å². The number of aliphatic hydroxyl groups is 1. The quantitative estimate of drug-likeness (QED) is 0.649. The Hall–Kier alpha value is -2.71. The summed E-state index contributed by atoms with van der Waals surface area (Å²) < 4.78 is 39.7. The summed E-state index contributed by atoms with van der Waals surface area (Å²) in [7, 11) is 0. The molecule has 1 atom stereocenters. The molecule has 0 saturated carbocycles. The number of nitrogens with zero attached hydrogens (tertiary/aromatic N) is 3. The minimum Gasteiger partial charge on any atom is -0.384 e. The van der Waals surface area contributed by atoms with E-state index in [-0.39, 0.29) is 18.2 Å². The second kappa shape index (κ2) is 7.73. The monoisotopic (exact) mass is 408 g/mol. The third-order valence-electron chi connectivity index (χ3n) is 4.00. The van der Waals surface area contributed by atoms with Crippen molar-refractivity contribution in [3.05, 3.63) is 71.1 Å². The van der Waals surface area contributed by atoms with E-state index < -0.39 is 17.5 Å². The predicted molar refractivity (Wildman–Crippen MR) is 99.8 cm³/mol. The molecule has 2 N–H and O–H groups in total. The molecule has 0 radical (unpaired) electrons. The van der Waals surface area contributed by atoms with E-state index in [0.717, 1.165) is 6.07 Å². The lowest BCUT2D eigenvalue weighted by Gasteiger charge is -2.25. The summed E-state index contributed by atoms with van der Waals surface area (Å²) in [6.07, 6.45) is -1.77. The molecule has 5 nitrogen and oxygen atoms in total. The number of rotatable bonds is 5. The van der Waals surface area contributed by atoms with Crippen LogP contribution < -0.4 is 5.32 Å². The van der Waals surface area contributed by atoms with Crippen molar-refractivity contribution in [1.82, 2.24) is 15.0 Å². The number of anilines is 1. The standard InChI is InChI=1S/C19H16ClF3N4O/c1-18(28,13-5-2-6-14(20)8-13)11-25-16-9-15(19(21,22)23)26-17(27-16)12-4-3-7-24-10-12/h2-10,28H,11H2,1H3,(H,25,26,27). The summed E-state index contributed by atoms with van der Waals surface area (Å²) >= 11 is 5.94. The fourth-order valence-electron chi connectivity index (χ4n) is 2.50. The van der Waals surface area contributed by atoms with Gasteiger partial charge < -0.3 is 10.4 Å². The second-order valence-corrected chi connectivity index (χ2v) is 6.78. The minimum absolute atomic E-state index is 0.0662. The highest BCUT2D eigenvalue weighted by Gasteiger charge is 2.34. The zero-order valence-corrected chi connectivity index (χ0v) is 15.5. The Labute approximate surface area is 164 Å². The second-order valence-electron chi connectivity index (χ2n) is 6.34. The van der Waals surface area contributed by atoms with Gasteiger partial charge >= 0.3 is 6.18 Å². The first-order chi connectivity index (χ1) is 13.1. The van der Waals surface area contributed by atoms with Crippen molar-refractivity contribution < 1.29 is 18.3 Å². The van der Waals surface area contributed by atoms with E-state index in [1.165, 1.54) is 19.3 Å². The molecule has 2 aromatic heterocycles. The van der Waals surface area contributed by atoms with Crippen molar-refractivity contribution >= 4 is 17.4 Å². The summed E-state index contributed by atoms with van der Waals surface area (Å²) in [6, 6.07) is 10.5. The minimum atomic E-state index is -4.65. The number of hydrogen-bond acceptors (Lipinski definition) is 5. The number of alkyl halides is 3. The molecule has 146 valence electrons. The van der Waals surface area contributed by atoms with Crippen molar-refractivity contribution in [3.63, 3.8) is 0 Å². The lowest BCUT2D eigenvalue weighted by Crippen LogP contribution is -2.31. The van der Waals surface area contributed by atoms with Gasteiger partial charge in [-0.2, -0.15) is 13.2 Å². The summed E-state index contributed by atoms with van der Waals surface area (Å²) in [4.78, 5) is 11.6. The first kappa shape index (κ1) is 20.0. The Morgan fingerprint density at radius 3 is 2.54 bits per heavy atom. The Balaban J connectivity index is 1.91. The normalized spacial score (nSPS) is 13.8. The summed E-state index contributed by atoms with van der Waals surface area (Å²) in [6.45, 7) is 1.44. The number of halogens is 4. The largest absolute Gasteiger partial charge is 0.433 e. The average molecular weight is 409 g/mol. The number of aromatic nitrogens is 3. The van der Waals surface area contributed by atoms with Gasteiger partial charge in [-0.1, -0.05) is 23.7 Å². The molecule has 0 aliphatic rings. The van der Waals surface area contributed by atoms with Crippen LogP contribution in [0.4, 0.5) is 19.0 Å². The van der Waals surface area contributed by atoms with Gasteiger partial charge in [-0.15, -0.1) is 0 Å².